The molecule has 0 atom stereocenters. The second-order valence-electron chi connectivity index (χ2n) is 5.32. The Balaban J connectivity index is 1.47. The summed E-state index contributed by atoms with van der Waals surface area (Å²) < 4.78 is 19.6. The van der Waals surface area contributed by atoms with Crippen LogP contribution in [0.3, 0.4) is 0 Å². The topological polar surface area (TPSA) is 76.1 Å². The molecular formula is C18H17FN4O2S2. The van der Waals surface area contributed by atoms with Crippen LogP contribution in [-0.4, -0.2) is 29.0 Å². The van der Waals surface area contributed by atoms with Gasteiger partial charge in [-0.2, -0.15) is 0 Å². The second-order valence-corrected chi connectivity index (χ2v) is 7.64. The van der Waals surface area contributed by atoms with Crippen LogP contribution in [0.25, 0.3) is 0 Å². The van der Waals surface area contributed by atoms with Crippen molar-refractivity contribution in [2.24, 2.45) is 0 Å². The number of aromatic nitrogens is 2. The Bertz CT molecular complexity index is 920. The predicted molar refractivity (Wildman–Crippen MR) is 107 cm³/mol. The van der Waals surface area contributed by atoms with Crippen LogP contribution in [0.1, 0.15) is 6.42 Å². The lowest BCUT2D eigenvalue weighted by Crippen LogP contribution is -2.12. The summed E-state index contributed by atoms with van der Waals surface area (Å²) in [6.45, 7) is 0. The van der Waals surface area contributed by atoms with Crippen molar-refractivity contribution in [3.63, 3.8) is 0 Å². The number of halogens is 1. The molecular weight excluding hydrogens is 387 g/mol. The highest BCUT2D eigenvalue weighted by Gasteiger charge is 2.10. The van der Waals surface area contributed by atoms with Crippen molar-refractivity contribution in [2.75, 3.05) is 23.5 Å². The van der Waals surface area contributed by atoms with Crippen molar-refractivity contribution in [1.82, 2.24) is 10.2 Å². The highest BCUT2D eigenvalue weighted by Crippen LogP contribution is 2.29. The van der Waals surface area contributed by atoms with Gasteiger partial charge in [0.05, 0.1) is 18.5 Å². The Morgan fingerprint density at radius 3 is 2.67 bits per heavy atom. The number of nitrogens with one attached hydrogen (secondary N) is 2. The number of benzene rings is 2. The zero-order chi connectivity index (χ0) is 19.1. The van der Waals surface area contributed by atoms with Crippen LogP contribution in [0.15, 0.2) is 52.9 Å². The molecule has 1 heterocycles. The zero-order valence-corrected chi connectivity index (χ0v) is 16.1. The molecule has 6 nitrogen and oxygen atoms in total. The van der Waals surface area contributed by atoms with Gasteiger partial charge in [0.25, 0.3) is 0 Å². The number of methoxy groups -OCH3 is 1. The number of anilines is 3. The molecule has 0 unspecified atom stereocenters. The molecule has 2 aromatic carbocycles. The summed E-state index contributed by atoms with van der Waals surface area (Å²) in [5.41, 5.74) is 0.990. The molecule has 0 fully saturated rings. The van der Waals surface area contributed by atoms with E-state index in [2.05, 4.69) is 20.8 Å². The molecule has 0 aliphatic rings. The van der Waals surface area contributed by atoms with E-state index in [1.165, 1.54) is 29.2 Å². The number of para-hydroxylation sites is 3. The van der Waals surface area contributed by atoms with Gasteiger partial charge >= 0.3 is 0 Å². The summed E-state index contributed by atoms with van der Waals surface area (Å²) in [6, 6.07) is 13.6. The van der Waals surface area contributed by atoms with Crippen LogP contribution in [0.5, 0.6) is 5.75 Å². The summed E-state index contributed by atoms with van der Waals surface area (Å²) in [7, 11) is 1.56. The van der Waals surface area contributed by atoms with Crippen molar-refractivity contribution in [3.8, 4) is 5.75 Å². The average Bonchev–Trinajstić information content (AvgIpc) is 3.11. The van der Waals surface area contributed by atoms with Gasteiger partial charge in [0.1, 0.15) is 11.6 Å². The summed E-state index contributed by atoms with van der Waals surface area (Å²) in [4.78, 5) is 12.1. The van der Waals surface area contributed by atoms with Crippen LogP contribution < -0.4 is 15.4 Å². The molecule has 140 valence electrons. The SMILES string of the molecule is COc1ccccc1NC(=O)CCSc1nnc(Nc2ccccc2F)s1. The maximum Gasteiger partial charge on any atom is 0.225 e. The number of ether oxygens (including phenoxy) is 1. The maximum atomic E-state index is 13.6. The largest absolute Gasteiger partial charge is 0.495 e. The minimum absolute atomic E-state index is 0.110. The number of hydrogen-bond acceptors (Lipinski definition) is 7. The standard InChI is InChI=1S/C18H17FN4O2S2/c1-25-15-9-5-4-8-14(15)20-16(24)10-11-26-18-23-22-17(27-18)21-13-7-3-2-6-12(13)19/h2-9H,10-11H2,1H3,(H,20,24)(H,21,22). The van der Waals surface area contributed by atoms with Gasteiger partial charge in [0, 0.05) is 12.2 Å². The van der Waals surface area contributed by atoms with E-state index in [1.54, 1.807) is 37.4 Å². The normalized spacial score (nSPS) is 10.4. The van der Waals surface area contributed by atoms with Gasteiger partial charge in [0.2, 0.25) is 11.0 Å². The fraction of sp³-hybridized carbons (Fsp3) is 0.167. The first-order valence-corrected chi connectivity index (χ1v) is 9.86. The highest BCUT2D eigenvalue weighted by atomic mass is 32.2. The molecule has 27 heavy (non-hydrogen) atoms. The summed E-state index contributed by atoms with van der Waals surface area (Å²) in [6.07, 6.45) is 0.318. The first kappa shape index (κ1) is 19.1. The summed E-state index contributed by atoms with van der Waals surface area (Å²) in [5.74, 6) is 0.706. The molecule has 3 rings (SSSR count). The monoisotopic (exact) mass is 404 g/mol. The molecule has 0 radical (unpaired) electrons. The van der Waals surface area contributed by atoms with E-state index in [4.69, 9.17) is 4.74 Å². The van der Waals surface area contributed by atoms with Crippen molar-refractivity contribution in [1.29, 1.82) is 0 Å². The number of carbonyl (C=O) groups is 1. The third-order valence-corrected chi connectivity index (χ3v) is 5.43. The number of amides is 1. The number of thioether (sulfide) groups is 1. The Labute approximate surface area is 164 Å². The van der Waals surface area contributed by atoms with Gasteiger partial charge in [-0.15, -0.1) is 10.2 Å². The fourth-order valence-electron chi connectivity index (χ4n) is 2.19. The highest BCUT2D eigenvalue weighted by molar-refractivity contribution is 8.01. The van der Waals surface area contributed by atoms with E-state index < -0.39 is 0 Å². The van der Waals surface area contributed by atoms with E-state index in [1.807, 2.05) is 12.1 Å². The lowest BCUT2D eigenvalue weighted by molar-refractivity contribution is -0.115. The van der Waals surface area contributed by atoms with Gasteiger partial charge < -0.3 is 15.4 Å². The Morgan fingerprint density at radius 2 is 1.89 bits per heavy atom. The molecule has 0 saturated carbocycles. The van der Waals surface area contributed by atoms with E-state index in [0.29, 0.717) is 38.8 Å². The van der Waals surface area contributed by atoms with Gasteiger partial charge in [-0.05, 0) is 24.3 Å². The minimum atomic E-state index is -0.352. The van der Waals surface area contributed by atoms with Gasteiger partial charge in [-0.1, -0.05) is 47.4 Å². The summed E-state index contributed by atoms with van der Waals surface area (Å²) in [5, 5.41) is 14.3. The number of rotatable bonds is 8. The first-order chi connectivity index (χ1) is 13.2. The second kappa shape index (κ2) is 9.33. The Kier molecular flexibility index (Phi) is 6.61. The van der Waals surface area contributed by atoms with Crippen molar-refractivity contribution in [2.45, 2.75) is 10.8 Å². The van der Waals surface area contributed by atoms with Crippen molar-refractivity contribution in [3.05, 3.63) is 54.3 Å². The van der Waals surface area contributed by atoms with Crippen LogP contribution in [-0.2, 0) is 4.79 Å². The Morgan fingerprint density at radius 1 is 1.15 bits per heavy atom. The number of nitrogens with zero attached hydrogens (tertiary/aromatic N) is 2. The zero-order valence-electron chi connectivity index (χ0n) is 14.4. The van der Waals surface area contributed by atoms with Gasteiger partial charge in [0.15, 0.2) is 4.34 Å². The predicted octanol–water partition coefficient (Wildman–Crippen LogP) is 4.55. The number of carbonyl (C=O) groups excluding carboxylic acids is 1. The van der Waals surface area contributed by atoms with Crippen LogP contribution >= 0.6 is 23.1 Å². The molecule has 1 aromatic heterocycles. The molecule has 0 aliphatic carbocycles. The summed E-state index contributed by atoms with van der Waals surface area (Å²) >= 11 is 2.73. The van der Waals surface area contributed by atoms with E-state index >= 15 is 0 Å². The molecule has 0 saturated heterocycles. The number of hydrogen-bond donors (Lipinski definition) is 2. The third kappa shape index (κ3) is 5.41. The lowest BCUT2D eigenvalue weighted by atomic mass is 10.3. The molecule has 9 heteroatoms. The molecule has 0 aliphatic heterocycles. The maximum absolute atomic E-state index is 13.6. The van der Waals surface area contributed by atoms with Crippen LogP contribution in [0, 0.1) is 5.82 Å². The van der Waals surface area contributed by atoms with E-state index in [-0.39, 0.29) is 11.7 Å². The van der Waals surface area contributed by atoms with E-state index in [9.17, 15) is 9.18 Å². The van der Waals surface area contributed by atoms with E-state index in [0.717, 1.165) is 0 Å². The van der Waals surface area contributed by atoms with Crippen LogP contribution in [0.4, 0.5) is 20.9 Å². The van der Waals surface area contributed by atoms with Crippen molar-refractivity contribution < 1.29 is 13.9 Å². The first-order valence-electron chi connectivity index (χ1n) is 8.06. The van der Waals surface area contributed by atoms with Gasteiger partial charge in [-0.3, -0.25) is 4.79 Å². The minimum Gasteiger partial charge on any atom is -0.495 e. The van der Waals surface area contributed by atoms with Gasteiger partial charge in [-0.25, -0.2) is 4.39 Å². The smallest absolute Gasteiger partial charge is 0.225 e. The fourth-order valence-corrected chi connectivity index (χ4v) is 3.96. The molecule has 0 bridgehead atoms. The van der Waals surface area contributed by atoms with Crippen molar-refractivity contribution >= 4 is 45.5 Å². The molecule has 2 N–H and O–H groups in total. The molecule has 0 spiro atoms. The Hall–Kier alpha value is -2.65. The lowest BCUT2D eigenvalue weighted by Gasteiger charge is -2.09. The van der Waals surface area contributed by atoms with Crippen LogP contribution in [0.2, 0.25) is 0 Å². The average molecular weight is 404 g/mol. The molecule has 3 aromatic rings. The molecule has 1 amide bonds. The quantitative estimate of drug-likeness (QED) is 0.537. The third-order valence-electron chi connectivity index (χ3n) is 3.46.